The second-order valence-corrected chi connectivity index (χ2v) is 10.1. The van der Waals surface area contributed by atoms with Crippen LogP contribution in [0.25, 0.3) is 0 Å². The third kappa shape index (κ3) is 5.68. The number of amides is 1. The molecule has 0 spiro atoms. The smallest absolute Gasteiger partial charge is 0.243 e. The fraction of sp³-hybridized carbons (Fsp3) is 0.458. The molecule has 1 aliphatic rings. The van der Waals surface area contributed by atoms with E-state index in [0.29, 0.717) is 44.0 Å². The predicted molar refractivity (Wildman–Crippen MR) is 123 cm³/mol. The standard InChI is InChI=1S/C24H32N2O5S/c1-17-5-6-18(2)22(15-17)19(3)25-24(27)10-7-20-16-21(8-9-23(20)30-4)32(28,29)26-11-13-31-14-12-26/h5-6,8-9,15-16,19H,7,10-14H2,1-4H3,(H,25,27)/t19-/m1/s1. The van der Waals surface area contributed by atoms with E-state index in [1.54, 1.807) is 18.2 Å². The molecule has 0 aliphatic carbocycles. The van der Waals surface area contributed by atoms with E-state index in [-0.39, 0.29) is 23.3 Å². The van der Waals surface area contributed by atoms with Gasteiger partial charge < -0.3 is 14.8 Å². The Kier molecular flexibility index (Phi) is 7.92. The van der Waals surface area contributed by atoms with Crippen LogP contribution in [0.4, 0.5) is 0 Å². The minimum atomic E-state index is -3.61. The van der Waals surface area contributed by atoms with E-state index in [2.05, 4.69) is 23.5 Å². The molecule has 1 aliphatic heterocycles. The summed E-state index contributed by atoms with van der Waals surface area (Å²) in [5, 5.41) is 3.05. The van der Waals surface area contributed by atoms with Crippen LogP contribution in [0.2, 0.25) is 0 Å². The number of nitrogens with one attached hydrogen (secondary N) is 1. The molecule has 0 saturated carbocycles. The van der Waals surface area contributed by atoms with Crippen molar-refractivity contribution in [1.82, 2.24) is 9.62 Å². The molecular formula is C24H32N2O5S. The fourth-order valence-electron chi connectivity index (χ4n) is 3.91. The molecule has 3 rings (SSSR count). The Labute approximate surface area is 190 Å². The van der Waals surface area contributed by atoms with Crippen molar-refractivity contribution in [2.75, 3.05) is 33.4 Å². The molecular weight excluding hydrogens is 428 g/mol. The largest absolute Gasteiger partial charge is 0.496 e. The number of methoxy groups -OCH3 is 1. The lowest BCUT2D eigenvalue weighted by atomic mass is 9.99. The summed E-state index contributed by atoms with van der Waals surface area (Å²) in [6.07, 6.45) is 0.605. The molecule has 32 heavy (non-hydrogen) atoms. The fourth-order valence-corrected chi connectivity index (χ4v) is 5.37. The third-order valence-electron chi connectivity index (χ3n) is 5.76. The monoisotopic (exact) mass is 460 g/mol. The summed E-state index contributed by atoms with van der Waals surface area (Å²) in [7, 11) is -2.08. The number of morpholine rings is 1. The van der Waals surface area contributed by atoms with Crippen molar-refractivity contribution in [2.45, 2.75) is 44.6 Å². The summed E-state index contributed by atoms with van der Waals surface area (Å²) in [5.41, 5.74) is 4.06. The first-order valence-electron chi connectivity index (χ1n) is 10.8. The lowest BCUT2D eigenvalue weighted by molar-refractivity contribution is -0.121. The summed E-state index contributed by atoms with van der Waals surface area (Å²) in [4.78, 5) is 12.8. The topological polar surface area (TPSA) is 84.9 Å². The number of rotatable bonds is 8. The number of ether oxygens (including phenoxy) is 2. The van der Waals surface area contributed by atoms with Crippen LogP contribution in [0.15, 0.2) is 41.3 Å². The molecule has 1 atom stereocenters. The van der Waals surface area contributed by atoms with Gasteiger partial charge in [-0.25, -0.2) is 8.42 Å². The van der Waals surface area contributed by atoms with Crippen molar-refractivity contribution in [3.05, 3.63) is 58.7 Å². The number of nitrogens with zero attached hydrogens (tertiary/aromatic N) is 1. The van der Waals surface area contributed by atoms with Gasteiger partial charge in [0.2, 0.25) is 15.9 Å². The maximum atomic E-state index is 13.0. The normalized spacial score (nSPS) is 15.9. The van der Waals surface area contributed by atoms with E-state index < -0.39 is 10.0 Å². The van der Waals surface area contributed by atoms with E-state index >= 15 is 0 Å². The number of hydrogen-bond acceptors (Lipinski definition) is 5. The number of aryl methyl sites for hydroxylation is 3. The number of benzene rings is 2. The Morgan fingerprint density at radius 3 is 2.56 bits per heavy atom. The van der Waals surface area contributed by atoms with Gasteiger partial charge in [-0.15, -0.1) is 0 Å². The zero-order valence-electron chi connectivity index (χ0n) is 19.2. The first-order valence-corrected chi connectivity index (χ1v) is 12.3. The molecule has 8 heteroatoms. The van der Waals surface area contributed by atoms with E-state index in [1.807, 2.05) is 20.8 Å². The van der Waals surface area contributed by atoms with E-state index in [4.69, 9.17) is 9.47 Å². The molecule has 2 aromatic rings. The zero-order chi connectivity index (χ0) is 23.3. The van der Waals surface area contributed by atoms with Crippen molar-refractivity contribution >= 4 is 15.9 Å². The van der Waals surface area contributed by atoms with Crippen molar-refractivity contribution in [3.8, 4) is 5.75 Å². The van der Waals surface area contributed by atoms with Crippen LogP contribution < -0.4 is 10.1 Å². The first-order chi connectivity index (χ1) is 15.2. The molecule has 1 saturated heterocycles. The van der Waals surface area contributed by atoms with Gasteiger partial charge in [0.25, 0.3) is 0 Å². The van der Waals surface area contributed by atoms with E-state index in [9.17, 15) is 13.2 Å². The number of sulfonamides is 1. The summed E-state index contributed by atoms with van der Waals surface area (Å²) in [6, 6.07) is 10.9. The minimum absolute atomic E-state index is 0.0955. The molecule has 2 aromatic carbocycles. The highest BCUT2D eigenvalue weighted by Gasteiger charge is 2.27. The summed E-state index contributed by atoms with van der Waals surface area (Å²) < 4.78 is 38.1. The Morgan fingerprint density at radius 2 is 1.88 bits per heavy atom. The van der Waals surface area contributed by atoms with Crippen molar-refractivity contribution in [2.24, 2.45) is 0 Å². The summed E-state index contributed by atoms with van der Waals surface area (Å²) >= 11 is 0. The molecule has 1 N–H and O–H groups in total. The highest BCUT2D eigenvalue weighted by atomic mass is 32.2. The number of carbonyl (C=O) groups excluding carboxylic acids is 1. The van der Waals surface area contributed by atoms with Gasteiger partial charge in [0, 0.05) is 19.5 Å². The van der Waals surface area contributed by atoms with Gasteiger partial charge in [-0.3, -0.25) is 4.79 Å². The van der Waals surface area contributed by atoms with Gasteiger partial charge in [-0.2, -0.15) is 4.31 Å². The van der Waals surface area contributed by atoms with Crippen LogP contribution in [-0.2, 0) is 26.0 Å². The predicted octanol–water partition coefficient (Wildman–Crippen LogP) is 3.14. The Morgan fingerprint density at radius 1 is 1.16 bits per heavy atom. The molecule has 0 radical (unpaired) electrons. The molecule has 1 fully saturated rings. The highest BCUT2D eigenvalue weighted by molar-refractivity contribution is 7.89. The van der Waals surface area contributed by atoms with Crippen molar-refractivity contribution in [1.29, 1.82) is 0 Å². The van der Waals surface area contributed by atoms with Gasteiger partial charge in [0.05, 0.1) is 31.3 Å². The quantitative estimate of drug-likeness (QED) is 0.654. The van der Waals surface area contributed by atoms with Crippen LogP contribution in [-0.4, -0.2) is 52.0 Å². The van der Waals surface area contributed by atoms with Gasteiger partial charge in [0.15, 0.2) is 0 Å². The van der Waals surface area contributed by atoms with Crippen molar-refractivity contribution < 1.29 is 22.7 Å². The second kappa shape index (κ2) is 10.5. The zero-order valence-corrected chi connectivity index (χ0v) is 20.0. The Bertz CT molecular complexity index is 1060. The molecule has 7 nitrogen and oxygen atoms in total. The van der Waals surface area contributed by atoms with Gasteiger partial charge >= 0.3 is 0 Å². The highest BCUT2D eigenvalue weighted by Crippen LogP contribution is 2.26. The summed E-state index contributed by atoms with van der Waals surface area (Å²) in [6.45, 7) is 7.48. The molecule has 0 bridgehead atoms. The molecule has 1 heterocycles. The third-order valence-corrected chi connectivity index (χ3v) is 7.65. The first kappa shape index (κ1) is 24.2. The number of carbonyl (C=O) groups is 1. The Balaban J connectivity index is 1.70. The van der Waals surface area contributed by atoms with Crippen LogP contribution in [0, 0.1) is 13.8 Å². The van der Waals surface area contributed by atoms with Gasteiger partial charge in [-0.05, 0) is 62.1 Å². The second-order valence-electron chi connectivity index (χ2n) is 8.14. The van der Waals surface area contributed by atoms with Gasteiger partial charge in [0.1, 0.15) is 5.75 Å². The average molecular weight is 461 g/mol. The summed E-state index contributed by atoms with van der Waals surface area (Å²) in [5.74, 6) is 0.475. The van der Waals surface area contributed by atoms with Crippen LogP contribution in [0.5, 0.6) is 5.75 Å². The lowest BCUT2D eigenvalue weighted by Crippen LogP contribution is -2.40. The SMILES string of the molecule is COc1ccc(S(=O)(=O)N2CCOCC2)cc1CCC(=O)N[C@H](C)c1cc(C)ccc1C. The van der Waals surface area contributed by atoms with Gasteiger partial charge in [-0.1, -0.05) is 23.8 Å². The molecule has 1 amide bonds. The van der Waals surface area contributed by atoms with Crippen LogP contribution >= 0.6 is 0 Å². The number of hydrogen-bond donors (Lipinski definition) is 1. The Hall–Kier alpha value is -2.42. The molecule has 0 aromatic heterocycles. The van der Waals surface area contributed by atoms with Crippen LogP contribution in [0.1, 0.15) is 41.6 Å². The molecule has 174 valence electrons. The minimum Gasteiger partial charge on any atom is -0.496 e. The average Bonchev–Trinajstić information content (AvgIpc) is 2.79. The van der Waals surface area contributed by atoms with E-state index in [1.165, 1.54) is 11.4 Å². The maximum absolute atomic E-state index is 13.0. The van der Waals surface area contributed by atoms with Crippen molar-refractivity contribution in [3.63, 3.8) is 0 Å². The lowest BCUT2D eigenvalue weighted by Gasteiger charge is -2.26. The van der Waals surface area contributed by atoms with E-state index in [0.717, 1.165) is 16.7 Å². The maximum Gasteiger partial charge on any atom is 0.243 e. The molecule has 0 unspecified atom stereocenters. The van der Waals surface area contributed by atoms with Crippen LogP contribution in [0.3, 0.4) is 0 Å².